The molecule has 3 N–H and O–H groups in total. The Kier molecular flexibility index (Phi) is 5.29. The molecule has 1 unspecified atom stereocenters. The van der Waals surface area contributed by atoms with Gasteiger partial charge in [0.25, 0.3) is 0 Å². The van der Waals surface area contributed by atoms with Gasteiger partial charge in [0, 0.05) is 18.3 Å². The van der Waals surface area contributed by atoms with Gasteiger partial charge < -0.3 is 20.5 Å². The Balaban J connectivity index is 2.44. The number of nitrogens with one attached hydrogen (secondary N) is 2. The molecule has 0 spiro atoms. The van der Waals surface area contributed by atoms with Crippen LogP contribution in [-0.4, -0.2) is 30.9 Å². The molecule has 17 heavy (non-hydrogen) atoms. The molecule has 0 bridgehead atoms. The molecule has 0 saturated carbocycles. The van der Waals surface area contributed by atoms with Crippen LogP contribution in [0.2, 0.25) is 0 Å². The number of anilines is 1. The first-order valence-electron chi connectivity index (χ1n) is 5.52. The Bertz CT molecular complexity index is 369. The summed E-state index contributed by atoms with van der Waals surface area (Å²) in [6, 6.07) is 6.72. The van der Waals surface area contributed by atoms with Gasteiger partial charge in [-0.15, -0.1) is 0 Å². The maximum atomic E-state index is 11.5. The number of carbonyl (C=O) groups excluding carboxylic acids is 1. The van der Waals surface area contributed by atoms with Crippen LogP contribution in [0, 0.1) is 0 Å². The zero-order valence-corrected chi connectivity index (χ0v) is 10.1. The molecule has 0 fully saturated rings. The normalized spacial score (nSPS) is 11.7. The number of hydrogen-bond acceptors (Lipinski definition) is 3. The highest BCUT2D eigenvalue weighted by Crippen LogP contribution is 2.16. The minimum absolute atomic E-state index is 0.242. The standard InChI is InChI=1S/C12H18N2O3/c1-3-10(15)8-13-12(16)14-9-5-4-6-11(7-9)17-2/h4-7,10,15H,3,8H2,1-2H3,(H2,13,14,16). The van der Waals surface area contributed by atoms with Gasteiger partial charge >= 0.3 is 6.03 Å². The molecule has 2 amide bonds. The van der Waals surface area contributed by atoms with Gasteiger partial charge in [0.1, 0.15) is 5.75 Å². The molecule has 0 saturated heterocycles. The molecule has 5 heteroatoms. The SMILES string of the molecule is CCC(O)CNC(=O)Nc1cccc(OC)c1. The van der Waals surface area contributed by atoms with Crippen molar-refractivity contribution in [2.75, 3.05) is 19.0 Å². The van der Waals surface area contributed by atoms with Crippen LogP contribution in [0.1, 0.15) is 13.3 Å². The second-order valence-electron chi connectivity index (χ2n) is 3.63. The zero-order valence-electron chi connectivity index (χ0n) is 10.1. The summed E-state index contributed by atoms with van der Waals surface area (Å²) in [6.07, 6.45) is 0.102. The molecular weight excluding hydrogens is 220 g/mol. The van der Waals surface area contributed by atoms with Gasteiger partial charge in [-0.05, 0) is 18.6 Å². The summed E-state index contributed by atoms with van der Waals surface area (Å²) >= 11 is 0. The summed E-state index contributed by atoms with van der Waals surface area (Å²) in [5.74, 6) is 0.677. The molecule has 0 heterocycles. The van der Waals surface area contributed by atoms with Gasteiger partial charge in [0.15, 0.2) is 0 Å². The van der Waals surface area contributed by atoms with Crippen LogP contribution in [0.25, 0.3) is 0 Å². The molecule has 0 aliphatic rings. The van der Waals surface area contributed by atoms with Gasteiger partial charge in [-0.1, -0.05) is 13.0 Å². The van der Waals surface area contributed by atoms with Gasteiger partial charge in [-0.3, -0.25) is 0 Å². The molecule has 5 nitrogen and oxygen atoms in total. The molecule has 0 aromatic heterocycles. The highest BCUT2D eigenvalue weighted by atomic mass is 16.5. The van der Waals surface area contributed by atoms with Crippen molar-refractivity contribution in [1.29, 1.82) is 0 Å². The quantitative estimate of drug-likeness (QED) is 0.729. The van der Waals surface area contributed by atoms with Crippen LogP contribution >= 0.6 is 0 Å². The van der Waals surface area contributed by atoms with Gasteiger partial charge in [-0.2, -0.15) is 0 Å². The molecule has 1 rings (SSSR count). The number of aliphatic hydroxyl groups is 1. The summed E-state index contributed by atoms with van der Waals surface area (Å²) in [5.41, 5.74) is 0.646. The van der Waals surface area contributed by atoms with Crippen molar-refractivity contribution in [3.63, 3.8) is 0 Å². The number of methoxy groups -OCH3 is 1. The molecule has 94 valence electrons. The first-order valence-corrected chi connectivity index (χ1v) is 5.52. The lowest BCUT2D eigenvalue weighted by Crippen LogP contribution is -2.34. The maximum Gasteiger partial charge on any atom is 0.319 e. The summed E-state index contributed by atoms with van der Waals surface area (Å²) < 4.78 is 5.04. The second-order valence-corrected chi connectivity index (χ2v) is 3.63. The van der Waals surface area contributed by atoms with Crippen molar-refractivity contribution in [3.05, 3.63) is 24.3 Å². The minimum atomic E-state index is -0.508. The van der Waals surface area contributed by atoms with E-state index in [0.717, 1.165) is 0 Å². The van der Waals surface area contributed by atoms with Crippen molar-refractivity contribution < 1.29 is 14.6 Å². The van der Waals surface area contributed by atoms with E-state index in [9.17, 15) is 9.90 Å². The first-order chi connectivity index (χ1) is 8.15. The summed E-state index contributed by atoms with van der Waals surface area (Å²) in [4.78, 5) is 11.5. The number of benzene rings is 1. The van der Waals surface area contributed by atoms with Crippen LogP contribution in [-0.2, 0) is 0 Å². The Morgan fingerprint density at radius 3 is 2.94 bits per heavy atom. The Hall–Kier alpha value is -1.75. The van der Waals surface area contributed by atoms with Crippen molar-refractivity contribution in [2.24, 2.45) is 0 Å². The average molecular weight is 238 g/mol. The van der Waals surface area contributed by atoms with Gasteiger partial charge in [-0.25, -0.2) is 4.79 Å². The number of carbonyl (C=O) groups is 1. The van der Waals surface area contributed by atoms with E-state index in [-0.39, 0.29) is 12.6 Å². The predicted octanol–water partition coefficient (Wildman–Crippen LogP) is 1.59. The van der Waals surface area contributed by atoms with Crippen LogP contribution in [0.15, 0.2) is 24.3 Å². The number of amides is 2. The molecular formula is C12H18N2O3. The predicted molar refractivity (Wildman–Crippen MR) is 66.3 cm³/mol. The van der Waals surface area contributed by atoms with Crippen molar-refractivity contribution in [3.8, 4) is 5.75 Å². The van der Waals surface area contributed by atoms with E-state index in [1.807, 2.05) is 6.92 Å². The number of rotatable bonds is 5. The fraction of sp³-hybridized carbons (Fsp3) is 0.417. The first kappa shape index (κ1) is 13.3. The smallest absolute Gasteiger partial charge is 0.319 e. The van der Waals surface area contributed by atoms with E-state index in [4.69, 9.17) is 4.74 Å². The molecule has 1 aromatic carbocycles. The Morgan fingerprint density at radius 1 is 1.53 bits per heavy atom. The number of ether oxygens (including phenoxy) is 1. The van der Waals surface area contributed by atoms with E-state index in [0.29, 0.717) is 17.9 Å². The third kappa shape index (κ3) is 4.74. The third-order valence-corrected chi connectivity index (χ3v) is 2.30. The fourth-order valence-electron chi connectivity index (χ4n) is 1.23. The minimum Gasteiger partial charge on any atom is -0.497 e. The number of urea groups is 1. The van der Waals surface area contributed by atoms with Gasteiger partial charge in [0.05, 0.1) is 13.2 Å². The fourth-order valence-corrected chi connectivity index (χ4v) is 1.23. The average Bonchev–Trinajstić information content (AvgIpc) is 2.36. The van der Waals surface area contributed by atoms with E-state index in [2.05, 4.69) is 10.6 Å². The lowest BCUT2D eigenvalue weighted by Gasteiger charge is -2.11. The second kappa shape index (κ2) is 6.75. The topological polar surface area (TPSA) is 70.6 Å². The van der Waals surface area contributed by atoms with Crippen molar-refractivity contribution in [2.45, 2.75) is 19.4 Å². The van der Waals surface area contributed by atoms with Crippen LogP contribution < -0.4 is 15.4 Å². The summed E-state index contributed by atoms with van der Waals surface area (Å²) in [7, 11) is 1.57. The highest BCUT2D eigenvalue weighted by Gasteiger charge is 2.05. The van der Waals surface area contributed by atoms with E-state index in [1.54, 1.807) is 31.4 Å². The Labute approximate surface area is 101 Å². The van der Waals surface area contributed by atoms with E-state index in [1.165, 1.54) is 0 Å². The summed E-state index contributed by atoms with van der Waals surface area (Å²) in [5, 5.41) is 14.5. The molecule has 1 aromatic rings. The highest BCUT2D eigenvalue weighted by molar-refractivity contribution is 5.89. The molecule has 0 radical (unpaired) electrons. The summed E-state index contributed by atoms with van der Waals surface area (Å²) in [6.45, 7) is 2.10. The molecule has 0 aliphatic heterocycles. The lowest BCUT2D eigenvalue weighted by molar-refractivity contribution is 0.168. The largest absolute Gasteiger partial charge is 0.497 e. The Morgan fingerprint density at radius 2 is 2.29 bits per heavy atom. The number of aliphatic hydroxyl groups excluding tert-OH is 1. The number of hydrogen-bond donors (Lipinski definition) is 3. The van der Waals surface area contributed by atoms with Gasteiger partial charge in [0.2, 0.25) is 0 Å². The van der Waals surface area contributed by atoms with E-state index < -0.39 is 6.10 Å². The van der Waals surface area contributed by atoms with Crippen molar-refractivity contribution >= 4 is 11.7 Å². The van der Waals surface area contributed by atoms with Crippen LogP contribution in [0.3, 0.4) is 0 Å². The molecule has 1 atom stereocenters. The van der Waals surface area contributed by atoms with Crippen LogP contribution in [0.4, 0.5) is 10.5 Å². The maximum absolute atomic E-state index is 11.5. The third-order valence-electron chi connectivity index (χ3n) is 2.30. The lowest BCUT2D eigenvalue weighted by atomic mass is 10.3. The zero-order chi connectivity index (χ0) is 12.7. The molecule has 0 aliphatic carbocycles. The van der Waals surface area contributed by atoms with Crippen LogP contribution in [0.5, 0.6) is 5.75 Å². The monoisotopic (exact) mass is 238 g/mol. The van der Waals surface area contributed by atoms with E-state index >= 15 is 0 Å². The van der Waals surface area contributed by atoms with Crippen molar-refractivity contribution in [1.82, 2.24) is 5.32 Å².